The lowest BCUT2D eigenvalue weighted by atomic mass is 9.92. The van der Waals surface area contributed by atoms with Gasteiger partial charge in [-0.2, -0.15) is 0 Å². The Morgan fingerprint density at radius 2 is 2.05 bits per heavy atom. The van der Waals surface area contributed by atoms with Crippen molar-refractivity contribution in [2.24, 2.45) is 11.7 Å². The smallest absolute Gasteiger partial charge is 0.255 e. The van der Waals surface area contributed by atoms with Gasteiger partial charge in [-0.25, -0.2) is 4.31 Å². The number of H-pyrrole nitrogens is 1. The van der Waals surface area contributed by atoms with Gasteiger partial charge in [-0.1, -0.05) is 6.07 Å². The van der Waals surface area contributed by atoms with E-state index < -0.39 is 0 Å². The van der Waals surface area contributed by atoms with E-state index in [9.17, 15) is 4.79 Å². The van der Waals surface area contributed by atoms with Crippen LogP contribution in [0.15, 0.2) is 40.2 Å². The number of hydrogen-bond donors (Lipinski definition) is 2. The summed E-state index contributed by atoms with van der Waals surface area (Å²) in [4.78, 5) is 15.7. The quantitative estimate of drug-likeness (QED) is 0.856. The number of nitrogens with two attached hydrogens (primary N) is 1. The van der Waals surface area contributed by atoms with Crippen LogP contribution in [0.25, 0.3) is 10.8 Å². The fourth-order valence-corrected chi connectivity index (χ4v) is 3.99. The molecule has 21 heavy (non-hydrogen) atoms. The van der Waals surface area contributed by atoms with E-state index in [1.165, 1.54) is 0 Å². The zero-order valence-electron chi connectivity index (χ0n) is 12.2. The summed E-state index contributed by atoms with van der Waals surface area (Å²) in [5.74, 6) is 0.636. The molecule has 3 rings (SSSR count). The maximum absolute atomic E-state index is 11.8. The number of fused-ring (bicyclic) bond motifs is 1. The van der Waals surface area contributed by atoms with Gasteiger partial charge in [0.1, 0.15) is 0 Å². The normalized spacial score (nSPS) is 19.0. The molecule has 5 heteroatoms. The van der Waals surface area contributed by atoms with E-state index >= 15 is 0 Å². The first kappa shape index (κ1) is 14.6. The Hall–Kier alpha value is -1.30. The number of benzene rings is 1. The topological polar surface area (TPSA) is 62.1 Å². The minimum atomic E-state index is -0.0226. The van der Waals surface area contributed by atoms with Crippen LogP contribution in [0.5, 0.6) is 0 Å². The monoisotopic (exact) mass is 303 g/mol. The van der Waals surface area contributed by atoms with Gasteiger partial charge < -0.3 is 10.7 Å². The van der Waals surface area contributed by atoms with Crippen molar-refractivity contribution in [1.29, 1.82) is 0 Å². The minimum Gasteiger partial charge on any atom is -0.329 e. The van der Waals surface area contributed by atoms with Crippen LogP contribution in [0.1, 0.15) is 19.8 Å². The van der Waals surface area contributed by atoms with E-state index in [-0.39, 0.29) is 11.6 Å². The Morgan fingerprint density at radius 3 is 2.76 bits per heavy atom. The second-order valence-corrected chi connectivity index (χ2v) is 6.88. The summed E-state index contributed by atoms with van der Waals surface area (Å²) in [6, 6.07) is 8.18. The molecule has 0 radical (unpaired) electrons. The third-order valence-corrected chi connectivity index (χ3v) is 5.42. The van der Waals surface area contributed by atoms with Crippen molar-refractivity contribution in [3.05, 3.63) is 40.8 Å². The van der Waals surface area contributed by atoms with Crippen LogP contribution in [0.2, 0.25) is 0 Å². The number of aromatic nitrogens is 1. The SMILES string of the molecule is CC(N)C1CCN(Sc2cccc3c(=O)[nH]ccc23)CC1. The Bertz CT molecular complexity index is 675. The molecule has 112 valence electrons. The Morgan fingerprint density at radius 1 is 1.29 bits per heavy atom. The molecular formula is C16H21N3OS. The summed E-state index contributed by atoms with van der Waals surface area (Å²) < 4.78 is 2.38. The van der Waals surface area contributed by atoms with Crippen LogP contribution in [0, 0.1) is 5.92 Å². The highest BCUT2D eigenvalue weighted by molar-refractivity contribution is 7.97. The fraction of sp³-hybridized carbons (Fsp3) is 0.438. The number of aromatic amines is 1. The Labute approximate surface area is 128 Å². The molecule has 2 heterocycles. The average Bonchev–Trinajstić information content (AvgIpc) is 2.49. The second kappa shape index (κ2) is 6.22. The lowest BCUT2D eigenvalue weighted by molar-refractivity contribution is 0.264. The fourth-order valence-electron chi connectivity index (χ4n) is 2.90. The minimum absolute atomic E-state index is 0.0226. The molecule has 1 aliphatic heterocycles. The van der Waals surface area contributed by atoms with Crippen LogP contribution >= 0.6 is 11.9 Å². The number of pyridine rings is 1. The highest BCUT2D eigenvalue weighted by Gasteiger charge is 2.22. The molecule has 0 spiro atoms. The predicted octanol–water partition coefficient (Wildman–Crippen LogP) is 2.59. The molecule has 1 aliphatic rings. The van der Waals surface area contributed by atoms with E-state index in [0.29, 0.717) is 5.92 Å². The summed E-state index contributed by atoms with van der Waals surface area (Å²) in [6.07, 6.45) is 4.02. The van der Waals surface area contributed by atoms with Crippen molar-refractivity contribution < 1.29 is 0 Å². The number of nitrogens with one attached hydrogen (secondary N) is 1. The number of piperidine rings is 1. The van der Waals surface area contributed by atoms with Gasteiger partial charge in [0.25, 0.3) is 5.56 Å². The molecule has 1 fully saturated rings. The summed E-state index contributed by atoms with van der Waals surface area (Å²) in [6.45, 7) is 4.21. The third kappa shape index (κ3) is 3.15. The molecule has 3 N–H and O–H groups in total. The summed E-state index contributed by atoms with van der Waals surface area (Å²) in [7, 11) is 0. The van der Waals surface area contributed by atoms with E-state index in [2.05, 4.69) is 22.3 Å². The highest BCUT2D eigenvalue weighted by atomic mass is 32.2. The van der Waals surface area contributed by atoms with Gasteiger partial charge in [0, 0.05) is 41.0 Å². The van der Waals surface area contributed by atoms with Crippen LogP contribution in [-0.2, 0) is 0 Å². The van der Waals surface area contributed by atoms with Gasteiger partial charge in [-0.3, -0.25) is 4.79 Å². The van der Waals surface area contributed by atoms with Crippen LogP contribution in [-0.4, -0.2) is 28.4 Å². The van der Waals surface area contributed by atoms with Crippen LogP contribution in [0.3, 0.4) is 0 Å². The van der Waals surface area contributed by atoms with Gasteiger partial charge in [0.15, 0.2) is 0 Å². The molecule has 0 aliphatic carbocycles. The molecule has 0 bridgehead atoms. The van der Waals surface area contributed by atoms with E-state index in [4.69, 9.17) is 5.73 Å². The van der Waals surface area contributed by atoms with Gasteiger partial charge in [-0.15, -0.1) is 0 Å². The zero-order chi connectivity index (χ0) is 14.8. The van der Waals surface area contributed by atoms with Gasteiger partial charge in [0.2, 0.25) is 0 Å². The third-order valence-electron chi connectivity index (χ3n) is 4.24. The molecule has 1 aromatic carbocycles. The van der Waals surface area contributed by atoms with Crippen LogP contribution < -0.4 is 11.3 Å². The number of rotatable bonds is 3. The van der Waals surface area contributed by atoms with Crippen molar-refractivity contribution in [2.45, 2.75) is 30.7 Å². The molecular weight excluding hydrogens is 282 g/mol. The first-order valence-corrected chi connectivity index (χ1v) is 8.21. The highest BCUT2D eigenvalue weighted by Crippen LogP contribution is 2.32. The molecule has 2 aromatic rings. The second-order valence-electron chi connectivity index (χ2n) is 5.74. The molecule has 1 aromatic heterocycles. The molecule has 0 saturated carbocycles. The van der Waals surface area contributed by atoms with Crippen molar-refractivity contribution >= 4 is 22.7 Å². The van der Waals surface area contributed by atoms with Gasteiger partial charge >= 0.3 is 0 Å². The summed E-state index contributed by atoms with van der Waals surface area (Å²) >= 11 is 1.76. The van der Waals surface area contributed by atoms with Gasteiger partial charge in [0.05, 0.1) is 0 Å². The Balaban J connectivity index is 1.77. The lowest BCUT2D eigenvalue weighted by Crippen LogP contribution is -2.36. The summed E-state index contributed by atoms with van der Waals surface area (Å²) in [5, 5.41) is 1.79. The number of nitrogens with zero attached hydrogens (tertiary/aromatic N) is 1. The van der Waals surface area contributed by atoms with Crippen molar-refractivity contribution in [2.75, 3.05) is 13.1 Å². The first-order valence-electron chi connectivity index (χ1n) is 7.44. The maximum Gasteiger partial charge on any atom is 0.255 e. The molecule has 1 saturated heterocycles. The van der Waals surface area contributed by atoms with Crippen molar-refractivity contribution in [3.8, 4) is 0 Å². The lowest BCUT2D eigenvalue weighted by Gasteiger charge is -2.32. The zero-order valence-corrected chi connectivity index (χ0v) is 13.0. The molecule has 1 atom stereocenters. The van der Waals surface area contributed by atoms with E-state index in [1.807, 2.05) is 18.2 Å². The van der Waals surface area contributed by atoms with Crippen LogP contribution in [0.4, 0.5) is 0 Å². The van der Waals surface area contributed by atoms with Crippen molar-refractivity contribution in [3.63, 3.8) is 0 Å². The largest absolute Gasteiger partial charge is 0.329 e. The maximum atomic E-state index is 11.8. The van der Waals surface area contributed by atoms with Crippen molar-refractivity contribution in [1.82, 2.24) is 9.29 Å². The molecule has 1 unspecified atom stereocenters. The average molecular weight is 303 g/mol. The van der Waals surface area contributed by atoms with E-state index in [0.717, 1.165) is 41.6 Å². The molecule has 4 nitrogen and oxygen atoms in total. The Kier molecular flexibility index (Phi) is 4.33. The summed E-state index contributed by atoms with van der Waals surface area (Å²) in [5.41, 5.74) is 5.97. The standard InChI is InChI=1S/C16H21N3OS/c1-11(17)12-6-9-19(10-7-12)21-15-4-2-3-14-13(15)5-8-18-16(14)20/h2-5,8,11-12H,6-7,9-10,17H2,1H3,(H,18,20). The predicted molar refractivity (Wildman–Crippen MR) is 88.4 cm³/mol. The number of hydrogen-bond acceptors (Lipinski definition) is 4. The first-order chi connectivity index (χ1) is 10.1. The van der Waals surface area contributed by atoms with E-state index in [1.54, 1.807) is 18.1 Å². The van der Waals surface area contributed by atoms with Gasteiger partial charge in [-0.05, 0) is 55.8 Å². The molecule has 0 amide bonds.